The molecule has 246 valence electrons. The number of rotatable bonds is 16. The van der Waals surface area contributed by atoms with Gasteiger partial charge in [0.1, 0.15) is 30.6 Å². The van der Waals surface area contributed by atoms with Gasteiger partial charge in [0.25, 0.3) is 0 Å². The van der Waals surface area contributed by atoms with Crippen molar-refractivity contribution in [1.29, 1.82) is 5.26 Å². The zero-order valence-corrected chi connectivity index (χ0v) is 27.9. The van der Waals surface area contributed by atoms with Gasteiger partial charge in [0.2, 0.25) is 0 Å². The average molecular weight is 636 g/mol. The molecule has 0 heterocycles. The topological polar surface area (TPSA) is 84.3 Å². The minimum absolute atomic E-state index is 0.0521. The molecule has 0 aliphatic heterocycles. The Labute approximate surface area is 279 Å². The number of esters is 1. The summed E-state index contributed by atoms with van der Waals surface area (Å²) in [6.45, 7) is 6.10. The molecule has 0 N–H and O–H groups in total. The predicted octanol–water partition coefficient (Wildman–Crippen LogP) is 7.75. The molecule has 0 bridgehead atoms. The van der Waals surface area contributed by atoms with E-state index in [1.165, 1.54) is 0 Å². The van der Waals surface area contributed by atoms with Gasteiger partial charge in [-0.05, 0) is 90.2 Å². The van der Waals surface area contributed by atoms with Gasteiger partial charge in [0.15, 0.2) is 0 Å². The second kappa shape index (κ2) is 17.7. The first kappa shape index (κ1) is 35.0. The van der Waals surface area contributed by atoms with E-state index >= 15 is 0 Å². The molecule has 0 aromatic heterocycles. The highest BCUT2D eigenvalue weighted by atomic mass is 16.6. The molecular weight excluding hydrogens is 590 g/mol. The molecule has 0 spiro atoms. The monoisotopic (exact) mass is 635 g/mol. The first-order valence-electron chi connectivity index (χ1n) is 15.9. The fraction of sp³-hybridized carbons (Fsp3) is 0.333. The molecule has 0 amide bonds. The van der Waals surface area contributed by atoms with Crippen LogP contribution in [0.15, 0.2) is 120 Å². The minimum atomic E-state index is -0.620. The van der Waals surface area contributed by atoms with Crippen molar-refractivity contribution in [2.75, 3.05) is 58.6 Å². The van der Waals surface area contributed by atoms with Crippen LogP contribution in [0.5, 0.6) is 5.75 Å². The summed E-state index contributed by atoms with van der Waals surface area (Å²) in [7, 11) is 3.91. The van der Waals surface area contributed by atoms with Gasteiger partial charge >= 0.3 is 5.97 Å². The highest BCUT2D eigenvalue weighted by Crippen LogP contribution is 2.39. The number of allylic oxidation sites excluding steroid dienone is 4. The Hall–Kier alpha value is -4.84. The Morgan fingerprint density at radius 3 is 1.91 bits per heavy atom. The van der Waals surface area contributed by atoms with Gasteiger partial charge in [0, 0.05) is 31.2 Å². The van der Waals surface area contributed by atoms with Gasteiger partial charge in [-0.2, -0.15) is 5.26 Å². The highest BCUT2D eigenvalue weighted by molar-refractivity contribution is 5.94. The summed E-state index contributed by atoms with van der Waals surface area (Å²) in [6, 6.07) is 30.6. The SMILES string of the molecule is CN(C)/C=C/C1=CC(=C(\C#N)C(=O)OCCOCCOCCOc2ccc(N(c3ccccc3)c3ccccc3)cc2)/CC(C)(C)C1. The lowest BCUT2D eigenvalue weighted by atomic mass is 9.74. The quantitative estimate of drug-likeness (QED) is 0.0684. The van der Waals surface area contributed by atoms with Crippen LogP contribution in [0.2, 0.25) is 0 Å². The zero-order valence-electron chi connectivity index (χ0n) is 27.9. The molecule has 0 saturated carbocycles. The Morgan fingerprint density at radius 1 is 0.787 bits per heavy atom. The van der Waals surface area contributed by atoms with Crippen LogP contribution in [0.4, 0.5) is 17.1 Å². The number of nitrogens with zero attached hydrogens (tertiary/aromatic N) is 3. The lowest BCUT2D eigenvalue weighted by molar-refractivity contribution is -0.140. The van der Waals surface area contributed by atoms with Crippen molar-refractivity contribution in [3.8, 4) is 11.8 Å². The maximum absolute atomic E-state index is 12.7. The molecule has 0 atom stereocenters. The maximum atomic E-state index is 12.7. The van der Waals surface area contributed by atoms with E-state index in [9.17, 15) is 10.1 Å². The predicted molar refractivity (Wildman–Crippen MR) is 186 cm³/mol. The van der Waals surface area contributed by atoms with Gasteiger partial charge < -0.3 is 28.7 Å². The second-order valence-electron chi connectivity index (χ2n) is 12.2. The molecule has 4 rings (SSSR count). The van der Waals surface area contributed by atoms with Gasteiger partial charge in [-0.3, -0.25) is 0 Å². The van der Waals surface area contributed by atoms with Crippen molar-refractivity contribution in [2.45, 2.75) is 26.7 Å². The number of para-hydroxylation sites is 2. The number of ether oxygens (including phenoxy) is 4. The molecule has 47 heavy (non-hydrogen) atoms. The standard InChI is InChI=1S/C39H45N3O5/c1-39(2)28-31(19-20-41(3)4)27-32(29-39)37(30-40)38(43)47-26-24-45-22-21-44-23-25-46-36-17-15-35(16-18-36)42(33-11-7-5-8-12-33)34-13-9-6-10-14-34/h5-20,27H,21-26,28-29H2,1-4H3/b20-19+,37-32-. The van der Waals surface area contributed by atoms with Crippen molar-refractivity contribution >= 4 is 23.0 Å². The van der Waals surface area contributed by atoms with E-state index in [2.05, 4.69) is 49.1 Å². The first-order chi connectivity index (χ1) is 22.8. The molecule has 8 nitrogen and oxygen atoms in total. The number of hydrogen-bond acceptors (Lipinski definition) is 8. The van der Waals surface area contributed by atoms with Crippen LogP contribution in [-0.2, 0) is 19.0 Å². The highest BCUT2D eigenvalue weighted by Gasteiger charge is 2.28. The molecule has 0 unspecified atom stereocenters. The third-order valence-electron chi connectivity index (χ3n) is 7.39. The van der Waals surface area contributed by atoms with Gasteiger partial charge in [-0.1, -0.05) is 56.3 Å². The smallest absolute Gasteiger partial charge is 0.349 e. The zero-order chi connectivity index (χ0) is 33.5. The van der Waals surface area contributed by atoms with Crippen LogP contribution in [0, 0.1) is 16.7 Å². The fourth-order valence-corrected chi connectivity index (χ4v) is 5.32. The molecule has 0 saturated heterocycles. The number of carbonyl (C=O) groups is 1. The molecule has 8 heteroatoms. The summed E-state index contributed by atoms with van der Waals surface area (Å²) in [4.78, 5) is 16.9. The summed E-state index contributed by atoms with van der Waals surface area (Å²) in [5.41, 5.74) is 4.96. The van der Waals surface area contributed by atoms with Crippen LogP contribution in [-0.4, -0.2) is 64.6 Å². The minimum Gasteiger partial charge on any atom is -0.491 e. The van der Waals surface area contributed by atoms with Crippen LogP contribution in [0.3, 0.4) is 0 Å². The molecule has 0 radical (unpaired) electrons. The summed E-state index contributed by atoms with van der Waals surface area (Å²) in [6.07, 6.45) is 7.42. The van der Waals surface area contributed by atoms with Gasteiger partial charge in [-0.15, -0.1) is 0 Å². The molecule has 3 aromatic carbocycles. The summed E-state index contributed by atoms with van der Waals surface area (Å²) in [5.74, 6) is 0.141. The molecule has 0 fully saturated rings. The third-order valence-corrected chi connectivity index (χ3v) is 7.39. The number of anilines is 3. The Kier molecular flexibility index (Phi) is 13.2. The maximum Gasteiger partial charge on any atom is 0.349 e. The van der Waals surface area contributed by atoms with E-state index in [0.717, 1.165) is 34.8 Å². The summed E-state index contributed by atoms with van der Waals surface area (Å²) < 4.78 is 22.4. The lowest BCUT2D eigenvalue weighted by Gasteiger charge is -2.31. The van der Waals surface area contributed by atoms with E-state index in [1.807, 2.05) is 98.0 Å². The summed E-state index contributed by atoms with van der Waals surface area (Å²) >= 11 is 0. The average Bonchev–Trinajstić information content (AvgIpc) is 3.06. The number of nitriles is 1. The third kappa shape index (κ3) is 11.2. The van der Waals surface area contributed by atoms with E-state index in [4.69, 9.17) is 18.9 Å². The molecule has 3 aromatic rings. The molecule has 1 aliphatic rings. The van der Waals surface area contributed by atoms with E-state index in [1.54, 1.807) is 0 Å². The Morgan fingerprint density at radius 2 is 1.34 bits per heavy atom. The van der Waals surface area contributed by atoms with Crippen LogP contribution in [0.25, 0.3) is 0 Å². The largest absolute Gasteiger partial charge is 0.491 e. The second-order valence-corrected chi connectivity index (χ2v) is 12.2. The fourth-order valence-electron chi connectivity index (χ4n) is 5.32. The molecular formula is C39H45N3O5. The lowest BCUT2D eigenvalue weighted by Crippen LogP contribution is -2.20. The Balaban J connectivity index is 1.14. The van der Waals surface area contributed by atoms with Gasteiger partial charge in [0.05, 0.1) is 26.4 Å². The van der Waals surface area contributed by atoms with Crippen molar-refractivity contribution in [2.24, 2.45) is 5.41 Å². The number of benzene rings is 3. The van der Waals surface area contributed by atoms with Crippen molar-refractivity contribution < 1.29 is 23.7 Å². The van der Waals surface area contributed by atoms with E-state index < -0.39 is 5.97 Å². The van der Waals surface area contributed by atoms with Crippen LogP contribution < -0.4 is 9.64 Å². The first-order valence-corrected chi connectivity index (χ1v) is 15.9. The van der Waals surface area contributed by atoms with E-state index in [-0.39, 0.29) is 24.2 Å². The van der Waals surface area contributed by atoms with Gasteiger partial charge in [-0.25, -0.2) is 4.79 Å². The van der Waals surface area contributed by atoms with Crippen LogP contribution in [0.1, 0.15) is 26.7 Å². The number of carbonyl (C=O) groups excluding carboxylic acids is 1. The summed E-state index contributed by atoms with van der Waals surface area (Å²) in [5, 5.41) is 9.74. The van der Waals surface area contributed by atoms with Crippen LogP contribution >= 0.6 is 0 Å². The van der Waals surface area contributed by atoms with E-state index in [0.29, 0.717) is 38.4 Å². The van der Waals surface area contributed by atoms with Crippen molar-refractivity contribution in [1.82, 2.24) is 4.90 Å². The number of hydrogen-bond donors (Lipinski definition) is 0. The Bertz CT molecular complexity index is 1520. The normalized spacial score (nSPS) is 15.0. The van der Waals surface area contributed by atoms with Crippen molar-refractivity contribution in [3.05, 3.63) is 120 Å². The molecule has 1 aliphatic carbocycles. The van der Waals surface area contributed by atoms with Crippen molar-refractivity contribution in [3.63, 3.8) is 0 Å².